The van der Waals surface area contributed by atoms with Crippen molar-refractivity contribution in [2.24, 2.45) is 25.9 Å². The molecule has 52 heavy (non-hydrogen) atoms. The van der Waals surface area contributed by atoms with Crippen molar-refractivity contribution in [1.82, 2.24) is 24.9 Å². The topological polar surface area (TPSA) is 194 Å². The number of hydrazine groups is 1. The van der Waals surface area contributed by atoms with Crippen molar-refractivity contribution in [3.05, 3.63) is 59.7 Å². The maximum absolute atomic E-state index is 12.8. The number of carbonyl (C=O) groups is 1. The normalized spacial score (nSPS) is 19.6. The standard InChI is InChI=1S/C18H24N4O4S.C17H26N4O3S/c1-3-19-17(22-13-18(12-20-22)9-4-5-10-18)21-27(24,25)15-8-6-7-14(11-15)16(23)26-2;1-2-18-16(21-13-17(12-19-21)8-3-4-9-17)20-25(23,24)15-7-5-6-14(10-15)11-22/h6-8,11-12H,3-5,9-10,13H2,1-2H3,(H,19,21);5-7,10,19,22H,2-4,8-9,11-13H2,1H3,(H,18,20). The largest absolute Gasteiger partial charge is 0.465 e. The van der Waals surface area contributed by atoms with Gasteiger partial charge in [-0.05, 0) is 75.4 Å². The third kappa shape index (κ3) is 9.29. The Labute approximate surface area is 306 Å². The molecule has 0 aromatic heterocycles. The van der Waals surface area contributed by atoms with Gasteiger partial charge >= 0.3 is 5.97 Å². The summed E-state index contributed by atoms with van der Waals surface area (Å²) >= 11 is 0. The van der Waals surface area contributed by atoms with Crippen molar-refractivity contribution in [2.45, 2.75) is 81.6 Å². The minimum Gasteiger partial charge on any atom is -0.465 e. The smallest absolute Gasteiger partial charge is 0.337 e. The Morgan fingerprint density at radius 3 is 2.12 bits per heavy atom. The lowest BCUT2D eigenvalue weighted by Gasteiger charge is -2.24. The first-order valence-electron chi connectivity index (χ1n) is 17.7. The molecule has 0 bridgehead atoms. The van der Waals surface area contributed by atoms with Crippen LogP contribution in [-0.2, 0) is 31.4 Å². The zero-order chi connectivity index (χ0) is 37.4. The molecule has 0 unspecified atom stereocenters. The second-order valence-corrected chi connectivity index (χ2v) is 17.0. The number of aliphatic imine (C=N–C) groups is 2. The maximum atomic E-state index is 12.8. The Hall–Kier alpha value is -4.06. The summed E-state index contributed by atoms with van der Waals surface area (Å²) in [6, 6.07) is 12.0. The highest BCUT2D eigenvalue weighted by molar-refractivity contribution is 7.90. The number of rotatable bonds is 8. The first-order chi connectivity index (χ1) is 24.9. The number of carbonyl (C=O) groups excluding carboxylic acids is 1. The van der Waals surface area contributed by atoms with Crippen LogP contribution in [0.1, 0.15) is 81.1 Å². The molecule has 284 valence electrons. The molecule has 0 atom stereocenters. The number of esters is 1. The lowest BCUT2D eigenvalue weighted by atomic mass is 9.88. The Morgan fingerprint density at radius 2 is 1.48 bits per heavy atom. The number of hydrogen-bond donors (Lipinski definition) is 4. The third-order valence-electron chi connectivity index (χ3n) is 9.86. The monoisotopic (exact) mass is 758 g/mol. The van der Waals surface area contributed by atoms with Crippen molar-refractivity contribution >= 4 is 44.1 Å². The molecule has 0 radical (unpaired) electrons. The van der Waals surface area contributed by atoms with Crippen LogP contribution >= 0.6 is 0 Å². The van der Waals surface area contributed by atoms with E-state index in [1.807, 2.05) is 25.1 Å². The Kier molecular flexibility index (Phi) is 12.6. The highest BCUT2D eigenvalue weighted by atomic mass is 32.2. The average Bonchev–Trinajstić information content (AvgIpc) is 3.98. The fourth-order valence-corrected chi connectivity index (χ4v) is 9.27. The fourth-order valence-electron chi connectivity index (χ4n) is 7.10. The molecular weight excluding hydrogens is 709 g/mol. The molecule has 2 aromatic carbocycles. The number of sulfonamides is 2. The molecule has 2 spiro atoms. The third-order valence-corrected chi connectivity index (χ3v) is 12.5. The molecule has 6 rings (SSSR count). The van der Waals surface area contributed by atoms with Crippen LogP contribution in [0.4, 0.5) is 0 Å². The van der Waals surface area contributed by atoms with E-state index in [2.05, 4.69) is 34.7 Å². The van der Waals surface area contributed by atoms with Crippen molar-refractivity contribution < 1.29 is 31.5 Å². The predicted molar refractivity (Wildman–Crippen MR) is 198 cm³/mol. The highest BCUT2D eigenvalue weighted by Gasteiger charge is 2.42. The van der Waals surface area contributed by atoms with Gasteiger partial charge in [0.1, 0.15) is 0 Å². The number of hydrogen-bond acceptors (Lipinski definition) is 11. The van der Waals surface area contributed by atoms with Crippen molar-refractivity contribution in [1.29, 1.82) is 0 Å². The number of aliphatic hydroxyl groups excluding tert-OH is 1. The minimum atomic E-state index is -3.92. The Balaban J connectivity index is 0.000000202. The van der Waals surface area contributed by atoms with Gasteiger partial charge in [-0.2, -0.15) is 5.10 Å². The number of hydrazone groups is 1. The van der Waals surface area contributed by atoms with E-state index in [1.165, 1.54) is 69.2 Å². The van der Waals surface area contributed by atoms with Crippen LogP contribution < -0.4 is 14.9 Å². The molecular formula is C35H50N8O7S2. The van der Waals surface area contributed by atoms with Gasteiger partial charge in [-0.3, -0.25) is 15.0 Å². The summed E-state index contributed by atoms with van der Waals surface area (Å²) in [4.78, 5) is 20.4. The molecule has 2 saturated carbocycles. The van der Waals surface area contributed by atoms with E-state index < -0.39 is 26.0 Å². The second kappa shape index (κ2) is 16.7. The van der Waals surface area contributed by atoms with Gasteiger partial charge in [0.25, 0.3) is 20.0 Å². The quantitative estimate of drug-likeness (QED) is 0.177. The van der Waals surface area contributed by atoms with E-state index in [4.69, 9.17) is 0 Å². The molecule has 4 N–H and O–H groups in total. The molecule has 4 aliphatic rings. The molecule has 1 saturated heterocycles. The number of nitrogens with one attached hydrogen (secondary N) is 3. The van der Waals surface area contributed by atoms with Gasteiger partial charge in [-0.15, -0.1) is 0 Å². The van der Waals surface area contributed by atoms with Crippen molar-refractivity contribution in [3.63, 3.8) is 0 Å². The van der Waals surface area contributed by atoms with Crippen LogP contribution in [-0.4, -0.2) is 95.9 Å². The summed E-state index contributed by atoms with van der Waals surface area (Å²) in [6.45, 7) is 6.66. The molecule has 17 heteroatoms. The summed E-state index contributed by atoms with van der Waals surface area (Å²) in [5.74, 6) is -0.0662. The Morgan fingerprint density at radius 1 is 0.885 bits per heavy atom. The highest BCUT2D eigenvalue weighted by Crippen LogP contribution is 2.41. The van der Waals surface area contributed by atoms with Gasteiger partial charge in [-0.1, -0.05) is 43.9 Å². The SMILES string of the molecule is CCN=C(NS(=O)(=O)c1cccc(C(=O)OC)c1)N1CC2(C=N1)CCCC2.CCN=C(NS(=O)(=O)c1cccc(CO)c1)N1CC2(CCCC2)CN1. The number of nitrogens with zero attached hydrogens (tertiary/aromatic N) is 5. The summed E-state index contributed by atoms with van der Waals surface area (Å²) in [7, 11) is -6.43. The molecule has 3 fully saturated rings. The van der Waals surface area contributed by atoms with Crippen molar-refractivity contribution in [2.75, 3.05) is 39.8 Å². The van der Waals surface area contributed by atoms with Crippen LogP contribution in [0.2, 0.25) is 0 Å². The van der Waals surface area contributed by atoms with Gasteiger partial charge in [0.15, 0.2) is 0 Å². The number of methoxy groups -OCH3 is 1. The zero-order valence-corrected chi connectivity index (χ0v) is 31.7. The van der Waals surface area contributed by atoms with Gasteiger partial charge in [0, 0.05) is 43.2 Å². The van der Waals surface area contributed by atoms with E-state index in [1.54, 1.807) is 17.1 Å². The maximum Gasteiger partial charge on any atom is 0.337 e. The minimum absolute atomic E-state index is 0.0186. The summed E-state index contributed by atoms with van der Waals surface area (Å²) in [5, 5.41) is 17.1. The lowest BCUT2D eigenvalue weighted by Crippen LogP contribution is -2.47. The summed E-state index contributed by atoms with van der Waals surface area (Å²) < 4.78 is 60.9. The summed E-state index contributed by atoms with van der Waals surface area (Å²) in [5.41, 5.74) is 4.28. The molecule has 2 aliphatic carbocycles. The van der Waals surface area contributed by atoms with Crippen molar-refractivity contribution in [3.8, 4) is 0 Å². The Bertz CT molecular complexity index is 1890. The molecule has 15 nitrogen and oxygen atoms in total. The molecule has 0 amide bonds. The van der Waals surface area contributed by atoms with E-state index >= 15 is 0 Å². The first-order valence-corrected chi connectivity index (χ1v) is 20.7. The first kappa shape index (κ1) is 39.2. The predicted octanol–water partition coefficient (Wildman–Crippen LogP) is 3.20. The van der Waals surface area contributed by atoms with E-state index in [9.17, 15) is 26.7 Å². The number of ether oxygens (including phenoxy) is 1. The number of benzene rings is 2. The molecule has 2 aromatic rings. The van der Waals surface area contributed by atoms with Gasteiger partial charge < -0.3 is 9.84 Å². The molecule has 2 heterocycles. The van der Waals surface area contributed by atoms with E-state index in [0.717, 1.165) is 38.8 Å². The zero-order valence-electron chi connectivity index (χ0n) is 30.0. The number of aliphatic hydroxyl groups is 1. The number of guanidine groups is 2. The summed E-state index contributed by atoms with van der Waals surface area (Å²) in [6.07, 6.45) is 11.2. The van der Waals surface area contributed by atoms with E-state index in [-0.39, 0.29) is 38.8 Å². The van der Waals surface area contributed by atoms with Crippen LogP contribution in [0.5, 0.6) is 0 Å². The van der Waals surface area contributed by atoms with Crippen LogP contribution in [0, 0.1) is 10.8 Å². The fraction of sp³-hybridized carbons (Fsp3) is 0.543. The lowest BCUT2D eigenvalue weighted by molar-refractivity contribution is 0.0600. The van der Waals surface area contributed by atoms with Crippen LogP contribution in [0.25, 0.3) is 0 Å². The van der Waals surface area contributed by atoms with Gasteiger partial charge in [-0.25, -0.2) is 41.5 Å². The van der Waals surface area contributed by atoms with Crippen LogP contribution in [0.3, 0.4) is 0 Å². The average molecular weight is 759 g/mol. The second-order valence-electron chi connectivity index (χ2n) is 13.6. The van der Waals surface area contributed by atoms with Crippen LogP contribution in [0.15, 0.2) is 73.4 Å². The van der Waals surface area contributed by atoms with E-state index in [0.29, 0.717) is 31.2 Å². The van der Waals surface area contributed by atoms with Gasteiger partial charge in [0.2, 0.25) is 11.9 Å². The van der Waals surface area contributed by atoms with Gasteiger partial charge in [0.05, 0.1) is 35.6 Å². The molecule has 2 aliphatic heterocycles.